The van der Waals surface area contributed by atoms with Crippen LogP contribution < -0.4 is 5.32 Å². The maximum absolute atomic E-state index is 13.2. The van der Waals surface area contributed by atoms with Gasteiger partial charge in [-0.15, -0.1) is 0 Å². The Morgan fingerprint density at radius 2 is 1.82 bits per heavy atom. The third-order valence-corrected chi connectivity index (χ3v) is 2.49. The Balaban J connectivity index is 2.42. The summed E-state index contributed by atoms with van der Waals surface area (Å²) in [5.74, 6) is -1.17. The van der Waals surface area contributed by atoms with Crippen molar-refractivity contribution in [3.8, 4) is 0 Å². The summed E-state index contributed by atoms with van der Waals surface area (Å²) in [5.41, 5.74) is 1.24. The highest BCUT2D eigenvalue weighted by Gasteiger charge is 2.14. The predicted octanol–water partition coefficient (Wildman–Crippen LogP) is 2.67. The normalized spacial score (nSPS) is 12.4. The van der Waals surface area contributed by atoms with Crippen molar-refractivity contribution in [2.75, 3.05) is 7.05 Å². The quantitative estimate of drug-likeness (QED) is 0.883. The number of pyridine rings is 1. The van der Waals surface area contributed by atoms with Crippen LogP contribution in [0.4, 0.5) is 8.78 Å². The van der Waals surface area contributed by atoms with Crippen molar-refractivity contribution in [3.63, 3.8) is 0 Å². The minimum absolute atomic E-state index is 0.318. The first kappa shape index (κ1) is 11.7. The molecule has 1 aromatic carbocycles. The van der Waals surface area contributed by atoms with Crippen LogP contribution in [0.5, 0.6) is 0 Å². The van der Waals surface area contributed by atoms with Gasteiger partial charge < -0.3 is 5.32 Å². The van der Waals surface area contributed by atoms with Gasteiger partial charge >= 0.3 is 0 Å². The van der Waals surface area contributed by atoms with Gasteiger partial charge in [-0.1, -0.05) is 6.07 Å². The molecule has 0 spiro atoms. The topological polar surface area (TPSA) is 24.9 Å². The molecule has 17 heavy (non-hydrogen) atoms. The SMILES string of the molecule is CNC(c1cc(F)cc(F)c1)c1ccccn1. The van der Waals surface area contributed by atoms with Gasteiger partial charge in [0.15, 0.2) is 0 Å². The fourth-order valence-corrected chi connectivity index (χ4v) is 1.77. The van der Waals surface area contributed by atoms with Gasteiger partial charge in [-0.25, -0.2) is 8.78 Å². The van der Waals surface area contributed by atoms with E-state index in [1.54, 1.807) is 19.3 Å². The third kappa shape index (κ3) is 2.65. The zero-order valence-electron chi connectivity index (χ0n) is 9.32. The monoisotopic (exact) mass is 234 g/mol. The molecule has 0 saturated heterocycles. The van der Waals surface area contributed by atoms with Crippen LogP contribution in [0.15, 0.2) is 42.6 Å². The average Bonchev–Trinajstić information content (AvgIpc) is 2.30. The summed E-state index contributed by atoms with van der Waals surface area (Å²) in [4.78, 5) is 4.18. The first-order valence-corrected chi connectivity index (χ1v) is 5.25. The lowest BCUT2D eigenvalue weighted by Gasteiger charge is -2.16. The first-order valence-electron chi connectivity index (χ1n) is 5.25. The highest BCUT2D eigenvalue weighted by atomic mass is 19.1. The number of hydrogen-bond donors (Lipinski definition) is 1. The van der Waals surface area contributed by atoms with Crippen molar-refractivity contribution in [1.82, 2.24) is 10.3 Å². The lowest BCUT2D eigenvalue weighted by atomic mass is 10.0. The summed E-state index contributed by atoms with van der Waals surface area (Å²) in [5, 5.41) is 2.99. The lowest BCUT2D eigenvalue weighted by molar-refractivity contribution is 0.570. The summed E-state index contributed by atoms with van der Waals surface area (Å²) < 4.78 is 26.3. The molecule has 1 atom stereocenters. The molecule has 4 heteroatoms. The van der Waals surface area contributed by atoms with Crippen LogP contribution >= 0.6 is 0 Å². The van der Waals surface area contributed by atoms with E-state index in [0.717, 1.165) is 11.8 Å². The molecule has 88 valence electrons. The number of nitrogens with zero attached hydrogens (tertiary/aromatic N) is 1. The average molecular weight is 234 g/mol. The Kier molecular flexibility index (Phi) is 3.44. The molecule has 0 bridgehead atoms. The Hall–Kier alpha value is -1.81. The maximum atomic E-state index is 13.2. The number of benzene rings is 1. The van der Waals surface area contributed by atoms with Gasteiger partial charge in [0, 0.05) is 12.3 Å². The van der Waals surface area contributed by atoms with Crippen molar-refractivity contribution >= 4 is 0 Å². The van der Waals surface area contributed by atoms with Crippen molar-refractivity contribution < 1.29 is 8.78 Å². The van der Waals surface area contributed by atoms with Crippen LogP contribution in [0, 0.1) is 11.6 Å². The van der Waals surface area contributed by atoms with Gasteiger partial charge in [0.05, 0.1) is 11.7 Å². The second kappa shape index (κ2) is 5.01. The minimum Gasteiger partial charge on any atom is -0.308 e. The lowest BCUT2D eigenvalue weighted by Crippen LogP contribution is -2.19. The van der Waals surface area contributed by atoms with Crippen LogP contribution in [0.2, 0.25) is 0 Å². The van der Waals surface area contributed by atoms with Crippen molar-refractivity contribution in [1.29, 1.82) is 0 Å². The van der Waals surface area contributed by atoms with Gasteiger partial charge in [0.1, 0.15) is 11.6 Å². The zero-order valence-corrected chi connectivity index (χ0v) is 9.32. The van der Waals surface area contributed by atoms with E-state index in [1.807, 2.05) is 12.1 Å². The molecule has 2 rings (SSSR count). The smallest absolute Gasteiger partial charge is 0.126 e. The number of rotatable bonds is 3. The molecule has 0 aliphatic carbocycles. The molecular weight excluding hydrogens is 222 g/mol. The fraction of sp³-hybridized carbons (Fsp3) is 0.154. The fourth-order valence-electron chi connectivity index (χ4n) is 1.77. The standard InChI is InChI=1S/C13H12F2N2/c1-16-13(12-4-2-3-5-17-12)9-6-10(14)8-11(15)7-9/h2-8,13,16H,1H3. The number of hydrogen-bond acceptors (Lipinski definition) is 2. The molecule has 0 aliphatic rings. The van der Waals surface area contributed by atoms with Crippen LogP contribution in [0.25, 0.3) is 0 Å². The molecule has 0 fully saturated rings. The molecule has 1 N–H and O–H groups in total. The molecule has 0 aliphatic heterocycles. The van der Waals surface area contributed by atoms with E-state index in [-0.39, 0.29) is 6.04 Å². The van der Waals surface area contributed by atoms with E-state index < -0.39 is 11.6 Å². The second-order valence-corrected chi connectivity index (χ2v) is 3.68. The molecule has 2 aromatic rings. The van der Waals surface area contributed by atoms with Gasteiger partial charge in [0.25, 0.3) is 0 Å². The zero-order chi connectivity index (χ0) is 12.3. The molecule has 2 nitrogen and oxygen atoms in total. The van der Waals surface area contributed by atoms with Gasteiger partial charge in [0.2, 0.25) is 0 Å². The van der Waals surface area contributed by atoms with E-state index in [1.165, 1.54) is 12.1 Å². The van der Waals surface area contributed by atoms with Gasteiger partial charge in [-0.3, -0.25) is 4.98 Å². The van der Waals surface area contributed by atoms with Gasteiger partial charge in [-0.05, 0) is 36.9 Å². The number of aromatic nitrogens is 1. The molecule has 0 amide bonds. The van der Waals surface area contributed by atoms with Crippen molar-refractivity contribution in [3.05, 3.63) is 65.5 Å². The summed E-state index contributed by atoms with van der Waals surface area (Å²) in [6.07, 6.45) is 1.65. The molecule has 1 aromatic heterocycles. The minimum atomic E-state index is -0.587. The Labute approximate surface area is 98.3 Å². The molecule has 0 saturated carbocycles. The predicted molar refractivity (Wildman–Crippen MR) is 61.5 cm³/mol. The van der Waals surface area contributed by atoms with E-state index >= 15 is 0 Å². The van der Waals surface area contributed by atoms with Crippen LogP contribution in [-0.4, -0.2) is 12.0 Å². The van der Waals surface area contributed by atoms with E-state index in [9.17, 15) is 8.78 Å². The highest BCUT2D eigenvalue weighted by molar-refractivity contribution is 5.28. The maximum Gasteiger partial charge on any atom is 0.126 e. The van der Waals surface area contributed by atoms with Crippen molar-refractivity contribution in [2.24, 2.45) is 0 Å². The Bertz CT molecular complexity index is 480. The van der Waals surface area contributed by atoms with Crippen molar-refractivity contribution in [2.45, 2.75) is 6.04 Å². The summed E-state index contributed by atoms with van der Waals surface area (Å²) in [6, 6.07) is 8.59. The molecular formula is C13H12F2N2. The number of nitrogens with one attached hydrogen (secondary N) is 1. The molecule has 0 radical (unpaired) electrons. The summed E-state index contributed by atoms with van der Waals surface area (Å²) in [6.45, 7) is 0. The van der Waals surface area contributed by atoms with Gasteiger partial charge in [-0.2, -0.15) is 0 Å². The van der Waals surface area contributed by atoms with Crippen LogP contribution in [0.1, 0.15) is 17.3 Å². The third-order valence-electron chi connectivity index (χ3n) is 2.49. The van der Waals surface area contributed by atoms with E-state index in [2.05, 4.69) is 10.3 Å². The Morgan fingerprint density at radius 3 is 2.35 bits per heavy atom. The summed E-state index contributed by atoms with van der Waals surface area (Å²) >= 11 is 0. The number of halogens is 2. The van der Waals surface area contributed by atoms with Crippen LogP contribution in [-0.2, 0) is 0 Å². The van der Waals surface area contributed by atoms with Crippen LogP contribution in [0.3, 0.4) is 0 Å². The highest BCUT2D eigenvalue weighted by Crippen LogP contribution is 2.21. The van der Waals surface area contributed by atoms with E-state index in [4.69, 9.17) is 0 Å². The first-order chi connectivity index (χ1) is 8.20. The molecule has 1 unspecified atom stereocenters. The largest absolute Gasteiger partial charge is 0.308 e. The summed E-state index contributed by atoms with van der Waals surface area (Å²) in [7, 11) is 1.72. The second-order valence-electron chi connectivity index (χ2n) is 3.68. The van der Waals surface area contributed by atoms with E-state index in [0.29, 0.717) is 5.56 Å². The molecule has 1 heterocycles. The Morgan fingerprint density at radius 1 is 1.12 bits per heavy atom.